The normalized spacial score (nSPS) is 11.1. The minimum atomic E-state index is -0.502. The molecule has 4 heteroatoms. The van der Waals surface area contributed by atoms with Crippen LogP contribution in [0.1, 0.15) is 43.2 Å². The van der Waals surface area contributed by atoms with Crippen LogP contribution in [0.25, 0.3) is 0 Å². The van der Waals surface area contributed by atoms with Gasteiger partial charge < -0.3 is 10.1 Å². The van der Waals surface area contributed by atoms with Gasteiger partial charge in [-0.25, -0.2) is 4.79 Å². The minimum absolute atomic E-state index is 0.358. The monoisotopic (exact) mass is 312 g/mol. The van der Waals surface area contributed by atoms with Crippen LogP contribution < -0.4 is 5.32 Å². The number of pyridine rings is 1. The number of ether oxygens (including phenoxy) is 1. The third-order valence-corrected chi connectivity index (χ3v) is 3.23. The van der Waals surface area contributed by atoms with Gasteiger partial charge in [0.05, 0.1) is 12.2 Å². The van der Waals surface area contributed by atoms with Gasteiger partial charge in [0.25, 0.3) is 0 Å². The van der Waals surface area contributed by atoms with Crippen molar-refractivity contribution in [3.63, 3.8) is 0 Å². The Morgan fingerprint density at radius 1 is 1.22 bits per heavy atom. The maximum Gasteiger partial charge on any atom is 0.407 e. The summed E-state index contributed by atoms with van der Waals surface area (Å²) >= 11 is 0. The van der Waals surface area contributed by atoms with Gasteiger partial charge in [-0.15, -0.1) is 0 Å². The zero-order valence-electron chi connectivity index (χ0n) is 14.2. The lowest BCUT2D eigenvalue weighted by Gasteiger charge is -2.20. The molecule has 2 rings (SSSR count). The molecule has 0 aliphatic heterocycles. The second kappa shape index (κ2) is 7.27. The first-order chi connectivity index (χ1) is 10.8. The number of aromatic nitrogens is 1. The largest absolute Gasteiger partial charge is 0.444 e. The third-order valence-electron chi connectivity index (χ3n) is 3.23. The summed E-state index contributed by atoms with van der Waals surface area (Å²) < 4.78 is 5.26. The fraction of sp³-hybridized carbons (Fsp3) is 0.368. The van der Waals surface area contributed by atoms with E-state index in [4.69, 9.17) is 4.74 Å². The molecule has 0 radical (unpaired) electrons. The van der Waals surface area contributed by atoms with Crippen molar-refractivity contribution in [1.82, 2.24) is 10.3 Å². The van der Waals surface area contributed by atoms with Crippen LogP contribution in [0.3, 0.4) is 0 Å². The first kappa shape index (κ1) is 17.0. The van der Waals surface area contributed by atoms with Crippen LogP contribution in [0.2, 0.25) is 0 Å². The number of carbonyl (C=O) groups is 1. The van der Waals surface area contributed by atoms with Crippen LogP contribution in [0.15, 0.2) is 42.6 Å². The summed E-state index contributed by atoms with van der Waals surface area (Å²) in [6, 6.07) is 12.4. The lowest BCUT2D eigenvalue weighted by Crippen LogP contribution is -2.32. The Balaban J connectivity index is 2.08. The number of amides is 1. The Bertz CT molecular complexity index is 661. The number of hydrogen-bond acceptors (Lipinski definition) is 3. The highest BCUT2D eigenvalue weighted by molar-refractivity contribution is 5.67. The van der Waals surface area contributed by atoms with E-state index in [1.807, 2.05) is 52.1 Å². The van der Waals surface area contributed by atoms with Crippen LogP contribution in [0.5, 0.6) is 0 Å². The number of alkyl carbamates (subject to hydrolysis) is 1. The Labute approximate surface area is 137 Å². The first-order valence-corrected chi connectivity index (χ1v) is 7.79. The highest BCUT2D eigenvalue weighted by Crippen LogP contribution is 2.15. The molecule has 4 nitrogen and oxygen atoms in total. The lowest BCUT2D eigenvalue weighted by atomic mass is 10.0. The van der Waals surface area contributed by atoms with Crippen molar-refractivity contribution in [3.8, 4) is 0 Å². The highest BCUT2D eigenvalue weighted by Gasteiger charge is 2.16. The standard InChI is InChI=1S/C19H24N2O2/c1-14-10-16(11-15-8-6-5-7-9-15)17(20-12-14)13-21-18(22)23-19(2,3)4/h5-10,12H,11,13H2,1-4H3,(H,21,22). The number of nitrogens with zero attached hydrogens (tertiary/aromatic N) is 1. The van der Waals surface area contributed by atoms with Gasteiger partial charge in [0, 0.05) is 6.20 Å². The van der Waals surface area contributed by atoms with Crippen molar-refractivity contribution in [3.05, 3.63) is 65.0 Å². The Morgan fingerprint density at radius 3 is 2.57 bits per heavy atom. The van der Waals surface area contributed by atoms with E-state index in [1.54, 1.807) is 0 Å². The molecule has 0 spiro atoms. The second-order valence-corrected chi connectivity index (χ2v) is 6.64. The third kappa shape index (κ3) is 5.74. The molecule has 1 aromatic carbocycles. The fourth-order valence-electron chi connectivity index (χ4n) is 2.26. The molecular weight excluding hydrogens is 288 g/mol. The molecule has 0 bridgehead atoms. The van der Waals surface area contributed by atoms with Crippen molar-refractivity contribution in [2.24, 2.45) is 0 Å². The van der Waals surface area contributed by atoms with Crippen LogP contribution >= 0.6 is 0 Å². The van der Waals surface area contributed by atoms with Crippen LogP contribution in [0, 0.1) is 6.92 Å². The van der Waals surface area contributed by atoms with E-state index in [1.165, 1.54) is 5.56 Å². The predicted molar refractivity (Wildman–Crippen MR) is 91.3 cm³/mol. The average molecular weight is 312 g/mol. The number of hydrogen-bond donors (Lipinski definition) is 1. The highest BCUT2D eigenvalue weighted by atomic mass is 16.6. The van der Waals surface area contributed by atoms with Gasteiger partial charge in [0.15, 0.2) is 0 Å². The summed E-state index contributed by atoms with van der Waals surface area (Å²) in [5.41, 5.74) is 3.81. The molecule has 0 aliphatic rings. The van der Waals surface area contributed by atoms with Crippen molar-refractivity contribution < 1.29 is 9.53 Å². The van der Waals surface area contributed by atoms with Crippen LogP contribution in [-0.4, -0.2) is 16.7 Å². The molecule has 0 unspecified atom stereocenters. The smallest absolute Gasteiger partial charge is 0.407 e. The van der Waals surface area contributed by atoms with Gasteiger partial charge in [-0.1, -0.05) is 36.4 Å². The summed E-state index contributed by atoms with van der Waals surface area (Å²) in [7, 11) is 0. The zero-order chi connectivity index (χ0) is 16.9. The summed E-state index contributed by atoms with van der Waals surface area (Å²) in [6.07, 6.45) is 2.19. The number of aryl methyl sites for hydroxylation is 1. The topological polar surface area (TPSA) is 51.2 Å². The molecule has 2 aromatic rings. The van der Waals surface area contributed by atoms with Gasteiger partial charge in [-0.3, -0.25) is 4.98 Å². The SMILES string of the molecule is Cc1cnc(CNC(=O)OC(C)(C)C)c(Cc2ccccc2)c1. The molecule has 0 saturated carbocycles. The zero-order valence-corrected chi connectivity index (χ0v) is 14.2. The van der Waals surface area contributed by atoms with E-state index in [2.05, 4.69) is 28.5 Å². The summed E-state index contributed by atoms with van der Waals surface area (Å²) in [6.45, 7) is 7.91. The Morgan fingerprint density at radius 2 is 1.91 bits per heavy atom. The maximum absolute atomic E-state index is 11.8. The Kier molecular flexibility index (Phi) is 5.37. The van der Waals surface area contributed by atoms with Crippen molar-refractivity contribution in [2.45, 2.75) is 46.3 Å². The van der Waals surface area contributed by atoms with Crippen molar-refractivity contribution in [1.29, 1.82) is 0 Å². The van der Waals surface area contributed by atoms with E-state index in [9.17, 15) is 4.79 Å². The second-order valence-electron chi connectivity index (χ2n) is 6.64. The minimum Gasteiger partial charge on any atom is -0.444 e. The molecule has 122 valence electrons. The molecule has 0 atom stereocenters. The lowest BCUT2D eigenvalue weighted by molar-refractivity contribution is 0.0523. The molecule has 1 heterocycles. The van der Waals surface area contributed by atoms with Gasteiger partial charge >= 0.3 is 6.09 Å². The number of benzene rings is 1. The number of carbonyl (C=O) groups excluding carboxylic acids is 1. The first-order valence-electron chi connectivity index (χ1n) is 7.79. The van der Waals surface area contributed by atoms with Gasteiger partial charge in [0.2, 0.25) is 0 Å². The molecule has 1 aromatic heterocycles. The quantitative estimate of drug-likeness (QED) is 0.928. The van der Waals surface area contributed by atoms with Crippen LogP contribution in [0.4, 0.5) is 4.79 Å². The molecule has 1 N–H and O–H groups in total. The molecule has 1 amide bonds. The fourth-order valence-corrected chi connectivity index (χ4v) is 2.26. The molecule has 23 heavy (non-hydrogen) atoms. The summed E-state index contributed by atoms with van der Waals surface area (Å²) in [5.74, 6) is 0. The van der Waals surface area contributed by atoms with Crippen molar-refractivity contribution >= 4 is 6.09 Å². The molecule has 0 saturated heterocycles. The average Bonchev–Trinajstić information content (AvgIpc) is 2.46. The van der Waals surface area contributed by atoms with Gasteiger partial charge in [-0.2, -0.15) is 0 Å². The molecule has 0 fully saturated rings. The van der Waals surface area contributed by atoms with E-state index < -0.39 is 11.7 Å². The van der Waals surface area contributed by atoms with E-state index in [-0.39, 0.29) is 0 Å². The molecule has 0 aliphatic carbocycles. The summed E-state index contributed by atoms with van der Waals surface area (Å²) in [5, 5.41) is 2.78. The van der Waals surface area contributed by atoms with E-state index in [0.29, 0.717) is 6.54 Å². The number of rotatable bonds is 4. The Hall–Kier alpha value is -2.36. The van der Waals surface area contributed by atoms with E-state index in [0.717, 1.165) is 23.2 Å². The van der Waals surface area contributed by atoms with Crippen LogP contribution in [-0.2, 0) is 17.7 Å². The predicted octanol–water partition coefficient (Wildman–Crippen LogP) is 4.01. The van der Waals surface area contributed by atoms with Gasteiger partial charge in [-0.05, 0) is 50.8 Å². The summed E-state index contributed by atoms with van der Waals surface area (Å²) in [4.78, 5) is 16.3. The van der Waals surface area contributed by atoms with Crippen molar-refractivity contribution in [2.75, 3.05) is 0 Å². The number of nitrogens with one attached hydrogen (secondary N) is 1. The molecular formula is C19H24N2O2. The van der Waals surface area contributed by atoms with Gasteiger partial charge in [0.1, 0.15) is 5.60 Å². The maximum atomic E-state index is 11.8. The van der Waals surface area contributed by atoms with E-state index >= 15 is 0 Å².